The van der Waals surface area contributed by atoms with E-state index >= 15 is 0 Å². The van der Waals surface area contributed by atoms with Crippen LogP contribution in [-0.2, 0) is 13.1 Å². The largest absolute Gasteiger partial charge is 0.305 e. The molecular weight excluding hydrogens is 262 g/mol. The van der Waals surface area contributed by atoms with Gasteiger partial charge in [-0.05, 0) is 37.6 Å². The van der Waals surface area contributed by atoms with Gasteiger partial charge in [-0.1, -0.05) is 51.9 Å². The highest BCUT2D eigenvalue weighted by Crippen LogP contribution is 2.09. The van der Waals surface area contributed by atoms with Gasteiger partial charge in [-0.25, -0.2) is 4.68 Å². The zero-order chi connectivity index (χ0) is 15.6. The first-order chi connectivity index (χ1) is 10.0. The van der Waals surface area contributed by atoms with Gasteiger partial charge in [0.15, 0.2) is 5.82 Å². The number of nitrogens with one attached hydrogen (secondary N) is 1. The van der Waals surface area contributed by atoms with Crippen LogP contribution in [0.3, 0.4) is 0 Å². The molecule has 0 unspecified atom stereocenters. The number of hydrogen-bond acceptors (Lipinski definition) is 4. The van der Waals surface area contributed by atoms with Crippen molar-refractivity contribution in [3.63, 3.8) is 0 Å². The topological polar surface area (TPSA) is 55.6 Å². The molecule has 0 atom stereocenters. The van der Waals surface area contributed by atoms with Crippen molar-refractivity contribution in [1.82, 2.24) is 25.5 Å². The highest BCUT2D eigenvalue weighted by atomic mass is 15.5. The Kier molecular flexibility index (Phi) is 8.50. The van der Waals surface area contributed by atoms with E-state index < -0.39 is 0 Å². The van der Waals surface area contributed by atoms with Gasteiger partial charge < -0.3 is 5.32 Å². The minimum Gasteiger partial charge on any atom is -0.305 e. The maximum absolute atomic E-state index is 4.11. The summed E-state index contributed by atoms with van der Waals surface area (Å²) in [6.07, 6.45) is 10.6. The van der Waals surface area contributed by atoms with E-state index in [2.05, 4.69) is 48.5 Å². The summed E-state index contributed by atoms with van der Waals surface area (Å²) < 4.78 is 1.94. The molecule has 0 aromatic carbocycles. The van der Waals surface area contributed by atoms with Crippen LogP contribution in [0.2, 0.25) is 0 Å². The summed E-state index contributed by atoms with van der Waals surface area (Å²) >= 11 is 0. The number of hydrogen-bond donors (Lipinski definition) is 1. The molecule has 5 nitrogen and oxygen atoms in total. The maximum Gasteiger partial charge on any atom is 0.165 e. The van der Waals surface area contributed by atoms with E-state index in [9.17, 15) is 0 Å². The Hall–Kier alpha value is -0.970. The highest BCUT2D eigenvalue weighted by molar-refractivity contribution is 4.83. The Bertz CT molecular complexity index is 367. The van der Waals surface area contributed by atoms with Gasteiger partial charge in [-0.3, -0.25) is 0 Å². The summed E-state index contributed by atoms with van der Waals surface area (Å²) in [7, 11) is 0. The van der Waals surface area contributed by atoms with Crippen molar-refractivity contribution in [3.05, 3.63) is 5.82 Å². The second-order valence-corrected chi connectivity index (χ2v) is 6.90. The van der Waals surface area contributed by atoms with Gasteiger partial charge in [0, 0.05) is 12.1 Å². The van der Waals surface area contributed by atoms with E-state index in [4.69, 9.17) is 0 Å². The van der Waals surface area contributed by atoms with E-state index in [1.54, 1.807) is 0 Å². The first-order valence-corrected chi connectivity index (χ1v) is 8.53. The molecule has 0 aliphatic heterocycles. The van der Waals surface area contributed by atoms with Crippen molar-refractivity contribution >= 4 is 0 Å². The summed E-state index contributed by atoms with van der Waals surface area (Å²) in [5.41, 5.74) is 0.0925. The van der Waals surface area contributed by atoms with Gasteiger partial charge in [-0.15, -0.1) is 5.10 Å². The standard InChI is InChI=1S/C16H33N5/c1-5-6-7-8-9-10-11-12-13-21-15(18-19-20-21)14-17-16(2,3)4/h17H,5-14H2,1-4H3. The Morgan fingerprint density at radius 3 is 2.19 bits per heavy atom. The van der Waals surface area contributed by atoms with Crippen molar-refractivity contribution < 1.29 is 0 Å². The second kappa shape index (κ2) is 9.87. The molecule has 0 aliphatic rings. The third-order valence-corrected chi connectivity index (χ3v) is 3.61. The van der Waals surface area contributed by atoms with Gasteiger partial charge in [0.1, 0.15) is 0 Å². The minimum absolute atomic E-state index is 0.0925. The third-order valence-electron chi connectivity index (χ3n) is 3.61. The Labute approximate surface area is 129 Å². The number of tetrazole rings is 1. The van der Waals surface area contributed by atoms with Crippen LogP contribution in [0.1, 0.15) is 84.9 Å². The molecule has 0 fully saturated rings. The molecule has 0 bridgehead atoms. The summed E-state index contributed by atoms with van der Waals surface area (Å²) in [5, 5.41) is 15.4. The third kappa shape index (κ3) is 8.81. The molecule has 0 saturated heterocycles. The zero-order valence-electron chi connectivity index (χ0n) is 14.4. The van der Waals surface area contributed by atoms with E-state index in [-0.39, 0.29) is 5.54 Å². The van der Waals surface area contributed by atoms with E-state index in [0.717, 1.165) is 18.9 Å². The van der Waals surface area contributed by atoms with E-state index in [1.807, 2.05) is 4.68 Å². The summed E-state index contributed by atoms with van der Waals surface area (Å²) in [6, 6.07) is 0. The predicted molar refractivity (Wildman–Crippen MR) is 87.0 cm³/mol. The molecule has 0 spiro atoms. The first kappa shape index (κ1) is 18.1. The van der Waals surface area contributed by atoms with Gasteiger partial charge in [0.05, 0.1) is 6.54 Å². The fourth-order valence-corrected chi connectivity index (χ4v) is 2.26. The minimum atomic E-state index is 0.0925. The molecule has 1 heterocycles. The van der Waals surface area contributed by atoms with Crippen LogP contribution < -0.4 is 5.32 Å². The van der Waals surface area contributed by atoms with Crippen molar-refractivity contribution in [1.29, 1.82) is 0 Å². The first-order valence-electron chi connectivity index (χ1n) is 8.53. The van der Waals surface area contributed by atoms with Gasteiger partial charge in [0.25, 0.3) is 0 Å². The average Bonchev–Trinajstić information content (AvgIpc) is 2.86. The molecule has 1 rings (SSSR count). The van der Waals surface area contributed by atoms with Crippen LogP contribution >= 0.6 is 0 Å². The molecule has 5 heteroatoms. The average molecular weight is 295 g/mol. The fourth-order valence-electron chi connectivity index (χ4n) is 2.26. The zero-order valence-corrected chi connectivity index (χ0v) is 14.4. The van der Waals surface area contributed by atoms with Gasteiger partial charge in [-0.2, -0.15) is 0 Å². The van der Waals surface area contributed by atoms with E-state index in [1.165, 1.54) is 51.4 Å². The Balaban J connectivity index is 2.14. The van der Waals surface area contributed by atoms with Crippen molar-refractivity contribution in [2.45, 2.75) is 97.7 Å². The molecule has 0 aliphatic carbocycles. The van der Waals surface area contributed by atoms with Gasteiger partial charge in [0.2, 0.25) is 0 Å². The maximum atomic E-state index is 4.11. The van der Waals surface area contributed by atoms with Crippen LogP contribution in [0.25, 0.3) is 0 Å². The van der Waals surface area contributed by atoms with Crippen molar-refractivity contribution in [2.75, 3.05) is 0 Å². The van der Waals surface area contributed by atoms with Crippen LogP contribution in [0.15, 0.2) is 0 Å². The van der Waals surface area contributed by atoms with Gasteiger partial charge >= 0.3 is 0 Å². The van der Waals surface area contributed by atoms with Crippen LogP contribution in [0.5, 0.6) is 0 Å². The number of aryl methyl sites for hydroxylation is 1. The van der Waals surface area contributed by atoms with Crippen molar-refractivity contribution in [3.8, 4) is 0 Å². The number of rotatable bonds is 11. The lowest BCUT2D eigenvalue weighted by atomic mass is 10.1. The molecule has 0 radical (unpaired) electrons. The van der Waals surface area contributed by atoms with Crippen molar-refractivity contribution in [2.24, 2.45) is 0 Å². The fraction of sp³-hybridized carbons (Fsp3) is 0.938. The second-order valence-electron chi connectivity index (χ2n) is 6.90. The lowest BCUT2D eigenvalue weighted by Gasteiger charge is -2.19. The molecule has 1 aromatic rings. The molecule has 0 saturated carbocycles. The Morgan fingerprint density at radius 1 is 0.952 bits per heavy atom. The monoisotopic (exact) mass is 295 g/mol. The molecular formula is C16H33N5. The molecule has 21 heavy (non-hydrogen) atoms. The molecule has 1 aromatic heterocycles. The van der Waals surface area contributed by atoms with Crippen LogP contribution in [0, 0.1) is 0 Å². The number of aromatic nitrogens is 4. The predicted octanol–water partition coefficient (Wildman–Crippen LogP) is 3.70. The normalized spacial score (nSPS) is 12.0. The molecule has 122 valence electrons. The van der Waals surface area contributed by atoms with Crippen LogP contribution in [-0.4, -0.2) is 25.7 Å². The summed E-state index contributed by atoms with van der Waals surface area (Å²) in [5.74, 6) is 0.938. The molecule has 1 N–H and O–H groups in total. The molecule has 0 amide bonds. The number of unbranched alkanes of at least 4 members (excludes halogenated alkanes) is 7. The lowest BCUT2D eigenvalue weighted by molar-refractivity contribution is 0.404. The summed E-state index contributed by atoms with van der Waals surface area (Å²) in [4.78, 5) is 0. The number of nitrogens with zero attached hydrogens (tertiary/aromatic N) is 4. The smallest absolute Gasteiger partial charge is 0.165 e. The summed E-state index contributed by atoms with van der Waals surface area (Å²) in [6.45, 7) is 10.4. The Morgan fingerprint density at radius 2 is 1.57 bits per heavy atom. The highest BCUT2D eigenvalue weighted by Gasteiger charge is 2.12. The SMILES string of the molecule is CCCCCCCCCCn1nnnc1CNC(C)(C)C. The quantitative estimate of drug-likeness (QED) is 0.632. The lowest BCUT2D eigenvalue weighted by Crippen LogP contribution is -2.36. The van der Waals surface area contributed by atoms with E-state index in [0.29, 0.717) is 0 Å². The van der Waals surface area contributed by atoms with Crippen LogP contribution in [0.4, 0.5) is 0 Å².